The molecule has 1 atom stereocenters. The Kier molecular flexibility index (Phi) is 3.21. The maximum atomic E-state index is 5.72. The zero-order valence-corrected chi connectivity index (χ0v) is 10.0. The molecule has 1 fully saturated rings. The van der Waals surface area contributed by atoms with Crippen molar-refractivity contribution in [1.29, 1.82) is 0 Å². The Hall–Kier alpha value is -0.680. The summed E-state index contributed by atoms with van der Waals surface area (Å²) in [4.78, 5) is 4.45. The van der Waals surface area contributed by atoms with E-state index in [1.807, 2.05) is 0 Å². The first-order valence-corrected chi connectivity index (χ1v) is 6.28. The Labute approximate surface area is 94.5 Å². The van der Waals surface area contributed by atoms with Crippen molar-refractivity contribution in [3.05, 3.63) is 5.82 Å². The zero-order chi connectivity index (χ0) is 10.8. The van der Waals surface area contributed by atoms with Crippen LogP contribution in [0.15, 0.2) is 0 Å². The number of anilines is 1. The Morgan fingerprint density at radius 2 is 2.27 bits per heavy atom. The molecule has 4 nitrogen and oxygen atoms in total. The standard InChI is InChI=1S/C10H18N4S/c1-6(2)9-13-10(15-14-9)12-8(5-11)7-3-4-7/h6-8H,3-5,11H2,1-2H3,(H,12,13,14). The molecule has 3 N–H and O–H groups in total. The number of rotatable bonds is 5. The highest BCUT2D eigenvalue weighted by atomic mass is 32.1. The topological polar surface area (TPSA) is 63.8 Å². The largest absolute Gasteiger partial charge is 0.356 e. The number of nitrogens with two attached hydrogens (primary N) is 1. The van der Waals surface area contributed by atoms with Crippen LogP contribution >= 0.6 is 11.5 Å². The van der Waals surface area contributed by atoms with Crippen molar-refractivity contribution in [3.63, 3.8) is 0 Å². The fourth-order valence-electron chi connectivity index (χ4n) is 1.55. The summed E-state index contributed by atoms with van der Waals surface area (Å²) in [6.07, 6.45) is 2.59. The molecule has 2 rings (SSSR count). The smallest absolute Gasteiger partial charge is 0.202 e. The van der Waals surface area contributed by atoms with Crippen LogP contribution in [0.3, 0.4) is 0 Å². The van der Waals surface area contributed by atoms with Gasteiger partial charge >= 0.3 is 0 Å². The van der Waals surface area contributed by atoms with Gasteiger partial charge in [-0.05, 0) is 18.8 Å². The summed E-state index contributed by atoms with van der Waals surface area (Å²) in [6, 6.07) is 0.387. The number of hydrogen-bond donors (Lipinski definition) is 2. The summed E-state index contributed by atoms with van der Waals surface area (Å²) in [5.74, 6) is 2.07. The lowest BCUT2D eigenvalue weighted by Gasteiger charge is -2.14. The first-order chi connectivity index (χ1) is 7.20. The van der Waals surface area contributed by atoms with Gasteiger partial charge in [-0.3, -0.25) is 0 Å². The predicted molar refractivity (Wildman–Crippen MR) is 63.2 cm³/mol. The average molecular weight is 226 g/mol. The molecular formula is C10H18N4S. The molecule has 84 valence electrons. The highest BCUT2D eigenvalue weighted by Gasteiger charge is 2.30. The molecule has 1 unspecified atom stereocenters. The summed E-state index contributed by atoms with van der Waals surface area (Å²) in [6.45, 7) is 4.89. The second kappa shape index (κ2) is 4.45. The van der Waals surface area contributed by atoms with Crippen LogP contribution in [-0.4, -0.2) is 21.9 Å². The third-order valence-corrected chi connectivity index (χ3v) is 3.37. The maximum Gasteiger partial charge on any atom is 0.202 e. The van der Waals surface area contributed by atoms with Crippen molar-refractivity contribution in [2.75, 3.05) is 11.9 Å². The molecule has 1 aliphatic rings. The van der Waals surface area contributed by atoms with Gasteiger partial charge in [-0.2, -0.15) is 4.37 Å². The third kappa shape index (κ3) is 2.66. The van der Waals surface area contributed by atoms with Gasteiger partial charge in [-0.15, -0.1) is 0 Å². The molecule has 0 saturated heterocycles. The van der Waals surface area contributed by atoms with Gasteiger partial charge in [-0.1, -0.05) is 13.8 Å². The van der Waals surface area contributed by atoms with Crippen LogP contribution in [0, 0.1) is 5.92 Å². The van der Waals surface area contributed by atoms with Crippen LogP contribution in [0.25, 0.3) is 0 Å². The fourth-order valence-corrected chi connectivity index (χ4v) is 2.32. The summed E-state index contributed by atoms with van der Waals surface area (Å²) in [7, 11) is 0. The number of aromatic nitrogens is 2. The van der Waals surface area contributed by atoms with E-state index in [0.29, 0.717) is 18.5 Å². The van der Waals surface area contributed by atoms with E-state index >= 15 is 0 Å². The number of nitrogens with zero attached hydrogens (tertiary/aromatic N) is 2. The van der Waals surface area contributed by atoms with E-state index in [0.717, 1.165) is 16.9 Å². The van der Waals surface area contributed by atoms with Gasteiger partial charge in [0.1, 0.15) is 5.82 Å². The second-order valence-electron chi connectivity index (χ2n) is 4.44. The first kappa shape index (κ1) is 10.8. The summed E-state index contributed by atoms with van der Waals surface area (Å²) in [5.41, 5.74) is 5.72. The van der Waals surface area contributed by atoms with Crippen LogP contribution in [-0.2, 0) is 0 Å². The lowest BCUT2D eigenvalue weighted by molar-refractivity contribution is 0.643. The van der Waals surface area contributed by atoms with Gasteiger partial charge in [-0.25, -0.2) is 4.98 Å². The van der Waals surface area contributed by atoms with Gasteiger partial charge in [0, 0.05) is 30.0 Å². The van der Waals surface area contributed by atoms with Crippen LogP contribution in [0.5, 0.6) is 0 Å². The van der Waals surface area contributed by atoms with Crippen LogP contribution in [0.4, 0.5) is 5.13 Å². The molecule has 1 heterocycles. The van der Waals surface area contributed by atoms with Gasteiger partial charge in [0.25, 0.3) is 0 Å². The van der Waals surface area contributed by atoms with E-state index in [-0.39, 0.29) is 0 Å². The molecule has 1 aliphatic carbocycles. The minimum absolute atomic E-state index is 0.387. The lowest BCUT2D eigenvalue weighted by atomic mass is 10.2. The van der Waals surface area contributed by atoms with Crippen molar-refractivity contribution in [2.24, 2.45) is 11.7 Å². The first-order valence-electron chi connectivity index (χ1n) is 5.51. The molecule has 0 spiro atoms. The lowest BCUT2D eigenvalue weighted by Crippen LogP contribution is -2.30. The predicted octanol–water partition coefficient (Wildman–Crippen LogP) is 1.81. The Morgan fingerprint density at radius 3 is 2.73 bits per heavy atom. The van der Waals surface area contributed by atoms with Crippen molar-refractivity contribution in [1.82, 2.24) is 9.36 Å². The van der Waals surface area contributed by atoms with E-state index in [9.17, 15) is 0 Å². The van der Waals surface area contributed by atoms with Crippen LogP contribution in [0.1, 0.15) is 38.4 Å². The number of hydrogen-bond acceptors (Lipinski definition) is 5. The Balaban J connectivity index is 1.96. The van der Waals surface area contributed by atoms with E-state index in [4.69, 9.17) is 5.73 Å². The van der Waals surface area contributed by atoms with Gasteiger partial charge in [0.2, 0.25) is 5.13 Å². The highest BCUT2D eigenvalue weighted by Crippen LogP contribution is 2.34. The van der Waals surface area contributed by atoms with E-state index in [1.165, 1.54) is 24.4 Å². The van der Waals surface area contributed by atoms with Crippen molar-refractivity contribution < 1.29 is 0 Å². The van der Waals surface area contributed by atoms with Gasteiger partial charge in [0.05, 0.1) is 0 Å². The second-order valence-corrected chi connectivity index (χ2v) is 5.19. The molecule has 0 aromatic carbocycles. The molecule has 0 bridgehead atoms. The minimum Gasteiger partial charge on any atom is -0.356 e. The summed E-state index contributed by atoms with van der Waals surface area (Å²) in [5, 5.41) is 4.30. The molecule has 1 aromatic heterocycles. The molecular weight excluding hydrogens is 208 g/mol. The molecule has 1 aromatic rings. The van der Waals surface area contributed by atoms with E-state index in [1.54, 1.807) is 0 Å². The Bertz CT molecular complexity index is 319. The number of nitrogens with one attached hydrogen (secondary N) is 1. The van der Waals surface area contributed by atoms with Crippen LogP contribution in [0.2, 0.25) is 0 Å². The summed E-state index contributed by atoms with van der Waals surface area (Å²) >= 11 is 1.44. The molecule has 5 heteroatoms. The minimum atomic E-state index is 0.387. The zero-order valence-electron chi connectivity index (χ0n) is 9.23. The fraction of sp³-hybridized carbons (Fsp3) is 0.800. The molecule has 1 saturated carbocycles. The molecule has 0 radical (unpaired) electrons. The molecule has 0 amide bonds. The normalized spacial score (nSPS) is 18.1. The SMILES string of the molecule is CC(C)c1nsc(NC(CN)C2CC2)n1. The van der Waals surface area contributed by atoms with Gasteiger partial charge in [0.15, 0.2) is 0 Å². The quantitative estimate of drug-likeness (QED) is 0.803. The molecule has 0 aliphatic heterocycles. The monoisotopic (exact) mass is 226 g/mol. The molecule has 15 heavy (non-hydrogen) atoms. The maximum absolute atomic E-state index is 5.72. The van der Waals surface area contributed by atoms with Gasteiger partial charge < -0.3 is 11.1 Å². The highest BCUT2D eigenvalue weighted by molar-refractivity contribution is 7.09. The van der Waals surface area contributed by atoms with E-state index in [2.05, 4.69) is 28.5 Å². The summed E-state index contributed by atoms with van der Waals surface area (Å²) < 4.78 is 4.31. The van der Waals surface area contributed by atoms with E-state index < -0.39 is 0 Å². The van der Waals surface area contributed by atoms with Crippen molar-refractivity contribution in [3.8, 4) is 0 Å². The Morgan fingerprint density at radius 1 is 1.53 bits per heavy atom. The average Bonchev–Trinajstić information content (AvgIpc) is 2.94. The van der Waals surface area contributed by atoms with Crippen molar-refractivity contribution in [2.45, 2.75) is 38.6 Å². The van der Waals surface area contributed by atoms with Crippen LogP contribution < -0.4 is 11.1 Å². The van der Waals surface area contributed by atoms with Crippen molar-refractivity contribution >= 4 is 16.7 Å². The third-order valence-electron chi connectivity index (χ3n) is 2.71.